The Morgan fingerprint density at radius 2 is 1.95 bits per heavy atom. The minimum Gasteiger partial charge on any atom is -0.299 e. The molecule has 0 atom stereocenters. The molecule has 3 rings (SSSR count). The topological polar surface area (TPSA) is 46.8 Å². The first-order valence-electron chi connectivity index (χ1n) is 6.67. The predicted molar refractivity (Wildman–Crippen MR) is 79.7 cm³/mol. The van der Waals surface area contributed by atoms with Gasteiger partial charge in [0, 0.05) is 18.8 Å². The molecule has 2 aromatic heterocycles. The van der Waals surface area contributed by atoms with Gasteiger partial charge in [-0.1, -0.05) is 6.07 Å². The third-order valence-electron chi connectivity index (χ3n) is 3.41. The van der Waals surface area contributed by atoms with Crippen molar-refractivity contribution in [3.63, 3.8) is 0 Å². The van der Waals surface area contributed by atoms with Gasteiger partial charge < -0.3 is 0 Å². The van der Waals surface area contributed by atoms with Gasteiger partial charge in [-0.05, 0) is 36.4 Å². The van der Waals surface area contributed by atoms with Gasteiger partial charge in [-0.25, -0.2) is 14.4 Å². The minimum absolute atomic E-state index is 0.282. The van der Waals surface area contributed by atoms with Crippen LogP contribution >= 0.6 is 0 Å². The number of carbonyl (C=O) groups excluding carboxylic acids is 1. The Morgan fingerprint density at radius 3 is 2.64 bits per heavy atom. The lowest BCUT2D eigenvalue weighted by atomic mass is 10.2. The third kappa shape index (κ3) is 2.33. The van der Waals surface area contributed by atoms with Crippen LogP contribution < -0.4 is 0 Å². The fourth-order valence-corrected chi connectivity index (χ4v) is 2.23. The van der Waals surface area contributed by atoms with Gasteiger partial charge in [-0.15, -0.1) is 0 Å². The number of amides is 1. The molecule has 0 spiro atoms. The molecule has 0 N–H and O–H groups in total. The molecule has 6 heteroatoms. The Hall–Kier alpha value is -2.73. The Balaban J connectivity index is 2.20. The molecule has 0 aliphatic heterocycles. The number of rotatable bonds is 3. The molecular formula is C16H14FN3O2. The van der Waals surface area contributed by atoms with Gasteiger partial charge in [0.15, 0.2) is 5.69 Å². The number of fused-ring (bicyclic) bond motifs is 1. The molecule has 112 valence electrons. The van der Waals surface area contributed by atoms with Gasteiger partial charge in [0.1, 0.15) is 11.6 Å². The lowest BCUT2D eigenvalue weighted by Gasteiger charge is -2.11. The maximum Gasteiger partial charge on any atom is 0.297 e. The molecule has 3 aromatic rings. The summed E-state index contributed by atoms with van der Waals surface area (Å²) in [5.74, 6) is -0.0944. The van der Waals surface area contributed by atoms with Crippen LogP contribution in [0.15, 0.2) is 48.7 Å². The molecule has 1 amide bonds. The Bertz CT molecular complexity index is 827. The maximum atomic E-state index is 13.1. The summed E-state index contributed by atoms with van der Waals surface area (Å²) in [4.78, 5) is 21.7. The van der Waals surface area contributed by atoms with Crippen molar-refractivity contribution in [2.45, 2.75) is 0 Å². The molecule has 0 radical (unpaired) electrons. The summed E-state index contributed by atoms with van der Waals surface area (Å²) in [6, 6.07) is 11.5. The van der Waals surface area contributed by atoms with Gasteiger partial charge in [0.25, 0.3) is 5.91 Å². The monoisotopic (exact) mass is 299 g/mol. The standard InChI is InChI=1S/C16H14FN3O2/c1-19(22-2)16(21)14-13-5-3-4-10-20(13)15(18-14)11-6-8-12(17)9-7-11/h3-10H,1-2H3. The number of nitrogens with zero attached hydrogens (tertiary/aromatic N) is 3. The summed E-state index contributed by atoms with van der Waals surface area (Å²) in [7, 11) is 2.94. The summed E-state index contributed by atoms with van der Waals surface area (Å²) in [5, 5.41) is 1.11. The molecule has 0 unspecified atom stereocenters. The number of halogens is 1. The molecular weight excluding hydrogens is 285 g/mol. The molecule has 0 fully saturated rings. The highest BCUT2D eigenvalue weighted by atomic mass is 19.1. The highest BCUT2D eigenvalue weighted by Crippen LogP contribution is 2.23. The van der Waals surface area contributed by atoms with Crippen molar-refractivity contribution >= 4 is 11.4 Å². The van der Waals surface area contributed by atoms with E-state index < -0.39 is 0 Å². The molecule has 1 aromatic carbocycles. The smallest absolute Gasteiger partial charge is 0.297 e. The van der Waals surface area contributed by atoms with E-state index in [0.717, 1.165) is 10.6 Å². The first kappa shape index (κ1) is 14.2. The van der Waals surface area contributed by atoms with Gasteiger partial charge in [-0.2, -0.15) is 0 Å². The number of hydroxylamine groups is 2. The van der Waals surface area contributed by atoms with E-state index in [-0.39, 0.29) is 17.4 Å². The normalized spacial score (nSPS) is 10.9. The van der Waals surface area contributed by atoms with Crippen LogP contribution in [0.25, 0.3) is 16.9 Å². The van der Waals surface area contributed by atoms with Crippen molar-refractivity contribution in [2.24, 2.45) is 0 Å². The van der Waals surface area contributed by atoms with Crippen LogP contribution in [-0.2, 0) is 4.84 Å². The van der Waals surface area contributed by atoms with E-state index in [1.165, 1.54) is 26.3 Å². The summed E-state index contributed by atoms with van der Waals surface area (Å²) in [6.45, 7) is 0. The lowest BCUT2D eigenvalue weighted by Crippen LogP contribution is -2.25. The average Bonchev–Trinajstić information content (AvgIpc) is 2.94. The molecule has 0 aliphatic carbocycles. The van der Waals surface area contributed by atoms with Crippen LogP contribution in [0.5, 0.6) is 0 Å². The molecule has 22 heavy (non-hydrogen) atoms. The molecule has 0 aliphatic rings. The second-order valence-corrected chi connectivity index (χ2v) is 4.73. The SMILES string of the molecule is CON(C)C(=O)c1nc(-c2ccc(F)cc2)n2ccccc12. The molecule has 0 saturated carbocycles. The molecule has 2 heterocycles. The molecule has 0 bridgehead atoms. The highest BCUT2D eigenvalue weighted by molar-refractivity contribution is 5.99. The van der Waals surface area contributed by atoms with Crippen molar-refractivity contribution in [1.82, 2.24) is 14.4 Å². The van der Waals surface area contributed by atoms with Crippen molar-refractivity contribution in [3.8, 4) is 11.4 Å². The third-order valence-corrected chi connectivity index (χ3v) is 3.41. The second-order valence-electron chi connectivity index (χ2n) is 4.73. The van der Waals surface area contributed by atoms with Gasteiger partial charge in [0.05, 0.1) is 12.6 Å². The van der Waals surface area contributed by atoms with Gasteiger partial charge >= 0.3 is 0 Å². The lowest BCUT2D eigenvalue weighted by molar-refractivity contribution is -0.0758. The van der Waals surface area contributed by atoms with E-state index >= 15 is 0 Å². The minimum atomic E-state index is -0.348. The summed E-state index contributed by atoms with van der Waals surface area (Å²) < 4.78 is 14.9. The largest absolute Gasteiger partial charge is 0.299 e. The second kappa shape index (κ2) is 5.57. The Labute approximate surface area is 126 Å². The maximum absolute atomic E-state index is 13.1. The van der Waals surface area contributed by atoms with Crippen LogP contribution in [0.3, 0.4) is 0 Å². The van der Waals surface area contributed by atoms with Gasteiger partial charge in [0.2, 0.25) is 0 Å². The molecule has 5 nitrogen and oxygen atoms in total. The number of carbonyl (C=O) groups is 1. The molecule has 0 saturated heterocycles. The fourth-order valence-electron chi connectivity index (χ4n) is 2.23. The van der Waals surface area contributed by atoms with Crippen LogP contribution in [0.1, 0.15) is 10.5 Å². The van der Waals surface area contributed by atoms with Crippen molar-refractivity contribution in [2.75, 3.05) is 14.2 Å². The summed E-state index contributed by atoms with van der Waals surface area (Å²) in [6.07, 6.45) is 1.81. The number of pyridine rings is 1. The quantitative estimate of drug-likeness (QED) is 0.699. The van der Waals surface area contributed by atoms with E-state index in [0.29, 0.717) is 11.3 Å². The zero-order valence-electron chi connectivity index (χ0n) is 12.2. The van der Waals surface area contributed by atoms with E-state index in [2.05, 4.69) is 4.98 Å². The number of benzene rings is 1. The van der Waals surface area contributed by atoms with E-state index in [9.17, 15) is 9.18 Å². The highest BCUT2D eigenvalue weighted by Gasteiger charge is 2.21. The van der Waals surface area contributed by atoms with Crippen molar-refractivity contribution < 1.29 is 14.0 Å². The number of hydrogen-bond donors (Lipinski definition) is 0. The average molecular weight is 299 g/mol. The zero-order chi connectivity index (χ0) is 15.7. The Kier molecular flexibility index (Phi) is 3.60. The van der Waals surface area contributed by atoms with Crippen molar-refractivity contribution in [1.29, 1.82) is 0 Å². The summed E-state index contributed by atoms with van der Waals surface area (Å²) >= 11 is 0. The van der Waals surface area contributed by atoms with E-state index in [1.54, 1.807) is 22.6 Å². The first-order valence-corrected chi connectivity index (χ1v) is 6.67. The van der Waals surface area contributed by atoms with Crippen molar-refractivity contribution in [3.05, 3.63) is 60.2 Å². The van der Waals surface area contributed by atoms with E-state index in [1.807, 2.05) is 18.3 Å². The van der Waals surface area contributed by atoms with Crippen LogP contribution in [0.2, 0.25) is 0 Å². The van der Waals surface area contributed by atoms with Crippen LogP contribution in [0, 0.1) is 5.82 Å². The van der Waals surface area contributed by atoms with Crippen LogP contribution in [-0.4, -0.2) is 34.5 Å². The fraction of sp³-hybridized carbons (Fsp3) is 0.125. The Morgan fingerprint density at radius 1 is 1.23 bits per heavy atom. The number of imidazole rings is 1. The van der Waals surface area contributed by atoms with Crippen LogP contribution in [0.4, 0.5) is 4.39 Å². The number of aromatic nitrogens is 2. The first-order chi connectivity index (χ1) is 10.6. The zero-order valence-corrected chi connectivity index (χ0v) is 12.2. The van der Waals surface area contributed by atoms with Gasteiger partial charge in [-0.3, -0.25) is 14.0 Å². The summed E-state index contributed by atoms with van der Waals surface area (Å²) in [5.41, 5.74) is 1.67. The predicted octanol–water partition coefficient (Wildman–Crippen LogP) is 2.77. The van der Waals surface area contributed by atoms with E-state index in [4.69, 9.17) is 4.84 Å². The number of hydrogen-bond acceptors (Lipinski definition) is 3.